The average Bonchev–Trinajstić information content (AvgIpc) is 2.34. The normalized spacial score (nSPS) is 12.0. The Bertz CT molecular complexity index is 316. The third kappa shape index (κ3) is 8.41. The minimum Gasteiger partial charge on any atom is -0.396 e. The fraction of sp³-hybridized carbons (Fsp3) is 0.500. The molecule has 6 nitrogen and oxygen atoms in total. The molecule has 0 heterocycles. The molecule has 0 rings (SSSR count). The van der Waals surface area contributed by atoms with Crippen LogP contribution in [0.1, 0.15) is 20.3 Å². The van der Waals surface area contributed by atoms with Crippen LogP contribution < -0.4 is 5.32 Å². The van der Waals surface area contributed by atoms with Gasteiger partial charge < -0.3 is 15.5 Å². The summed E-state index contributed by atoms with van der Waals surface area (Å²) in [6.45, 7) is 6.50. The molecule has 1 atom stereocenters. The molecule has 0 aliphatic rings. The largest absolute Gasteiger partial charge is 0.396 e. The van der Waals surface area contributed by atoms with Crippen LogP contribution in [0.4, 0.5) is 0 Å². The van der Waals surface area contributed by atoms with Crippen LogP contribution >= 0.6 is 0 Å². The highest BCUT2D eigenvalue weighted by Gasteiger charge is 2.32. The van der Waals surface area contributed by atoms with Gasteiger partial charge in [-0.25, -0.2) is 0 Å². The molecule has 0 aliphatic carbocycles. The molecule has 6 heteroatoms. The van der Waals surface area contributed by atoms with E-state index in [-0.39, 0.29) is 12.8 Å². The molecule has 0 bridgehead atoms. The molecule has 0 fully saturated rings. The van der Waals surface area contributed by atoms with Crippen LogP contribution in [0.2, 0.25) is 0 Å². The number of carbonyl (C=O) groups excluding carboxylic acids is 3. The first-order valence-electron chi connectivity index (χ1n) is 5.21. The van der Waals surface area contributed by atoms with Crippen molar-refractivity contribution in [3.63, 3.8) is 0 Å². The van der Waals surface area contributed by atoms with Gasteiger partial charge in [0, 0.05) is 11.6 Å². The van der Waals surface area contributed by atoms with E-state index in [4.69, 9.17) is 14.7 Å². The highest BCUT2D eigenvalue weighted by atomic mass is 16.3. The van der Waals surface area contributed by atoms with Crippen LogP contribution in [0.3, 0.4) is 0 Å². The van der Waals surface area contributed by atoms with Crippen molar-refractivity contribution in [2.75, 3.05) is 6.61 Å². The molecule has 0 spiro atoms. The zero-order chi connectivity index (χ0) is 14.6. The maximum atomic E-state index is 11.4. The smallest absolute Gasteiger partial charge is 0.373 e. The second kappa shape index (κ2) is 10.4. The Kier molecular flexibility index (Phi) is 10.8. The molecule has 3 N–H and O–H groups in total. The van der Waals surface area contributed by atoms with Crippen molar-refractivity contribution >= 4 is 12.1 Å². The number of amides is 1. The van der Waals surface area contributed by atoms with E-state index in [1.54, 1.807) is 26.0 Å². The fourth-order valence-electron chi connectivity index (χ4n) is 0.826. The minimum absolute atomic E-state index is 0.250. The molecule has 0 aromatic carbocycles. The van der Waals surface area contributed by atoms with Gasteiger partial charge in [-0.2, -0.15) is 9.59 Å². The first kappa shape index (κ1) is 18.6. The summed E-state index contributed by atoms with van der Waals surface area (Å²) in [5, 5.41) is 21.0. The lowest BCUT2D eigenvalue weighted by atomic mass is 9.87. The average molecular weight is 257 g/mol. The molecule has 0 radical (unpaired) electrons. The van der Waals surface area contributed by atoms with Gasteiger partial charge in [-0.15, -0.1) is 6.58 Å². The highest BCUT2D eigenvalue weighted by molar-refractivity contribution is 5.82. The number of hydrogen-bond donors (Lipinski definition) is 3. The van der Waals surface area contributed by atoms with E-state index in [1.165, 1.54) is 6.20 Å². The summed E-state index contributed by atoms with van der Waals surface area (Å²) in [5.41, 5.74) is -0.837. The topological polar surface area (TPSA) is 104 Å². The molecular formula is C12H19NO5. The molecule has 0 aliphatic heterocycles. The lowest BCUT2D eigenvalue weighted by Gasteiger charge is -2.26. The summed E-state index contributed by atoms with van der Waals surface area (Å²) < 4.78 is 0. The third-order valence-electron chi connectivity index (χ3n) is 2.04. The number of rotatable bonds is 6. The lowest BCUT2D eigenvalue weighted by molar-refractivity contribution is -0.191. The van der Waals surface area contributed by atoms with Crippen LogP contribution in [0.25, 0.3) is 0 Å². The maximum absolute atomic E-state index is 11.4. The quantitative estimate of drug-likeness (QED) is 0.580. The van der Waals surface area contributed by atoms with E-state index < -0.39 is 17.4 Å². The van der Waals surface area contributed by atoms with Gasteiger partial charge >= 0.3 is 6.15 Å². The predicted octanol–water partition coefficient (Wildman–Crippen LogP) is -0.0117. The Hall–Kier alpha value is -1.75. The predicted molar refractivity (Wildman–Crippen MR) is 64.0 cm³/mol. The Morgan fingerprint density at radius 3 is 2.39 bits per heavy atom. The molecular weight excluding hydrogens is 238 g/mol. The van der Waals surface area contributed by atoms with Crippen molar-refractivity contribution in [3.05, 3.63) is 24.9 Å². The number of aliphatic hydroxyl groups is 2. The second-order valence-electron chi connectivity index (χ2n) is 4.07. The minimum atomic E-state index is -1.23. The third-order valence-corrected chi connectivity index (χ3v) is 2.04. The zero-order valence-electron chi connectivity index (χ0n) is 10.5. The molecule has 0 saturated carbocycles. The summed E-state index contributed by atoms with van der Waals surface area (Å²) >= 11 is 0. The Labute approximate surface area is 106 Å². The molecule has 0 saturated heterocycles. The molecule has 0 aromatic heterocycles. The van der Waals surface area contributed by atoms with E-state index >= 15 is 0 Å². The van der Waals surface area contributed by atoms with Crippen molar-refractivity contribution in [3.8, 4) is 0 Å². The van der Waals surface area contributed by atoms with Crippen molar-refractivity contribution in [1.29, 1.82) is 0 Å². The van der Waals surface area contributed by atoms with Crippen LogP contribution in [0.5, 0.6) is 0 Å². The second-order valence-corrected chi connectivity index (χ2v) is 4.07. The van der Waals surface area contributed by atoms with Crippen molar-refractivity contribution < 1.29 is 24.6 Å². The summed E-state index contributed by atoms with van der Waals surface area (Å²) in [6, 6.07) is 0. The Balaban J connectivity index is 0. The van der Waals surface area contributed by atoms with Gasteiger partial charge in [-0.1, -0.05) is 26.0 Å². The SMILES string of the molecule is C=CC/C=C/NC(=O)[C@H](O)C(C)(C)CO.O=C=O. The Morgan fingerprint density at radius 2 is 2.00 bits per heavy atom. The van der Waals surface area contributed by atoms with Crippen molar-refractivity contribution in [2.24, 2.45) is 5.41 Å². The molecule has 1 amide bonds. The zero-order valence-corrected chi connectivity index (χ0v) is 10.5. The fourth-order valence-corrected chi connectivity index (χ4v) is 0.826. The van der Waals surface area contributed by atoms with Crippen LogP contribution in [-0.4, -0.2) is 35.0 Å². The van der Waals surface area contributed by atoms with E-state index in [0.29, 0.717) is 6.42 Å². The summed E-state index contributed by atoms with van der Waals surface area (Å²) in [6.07, 6.45) is 4.54. The van der Waals surface area contributed by atoms with Crippen molar-refractivity contribution in [1.82, 2.24) is 5.32 Å². The van der Waals surface area contributed by atoms with Crippen LogP contribution in [0, 0.1) is 5.41 Å². The van der Waals surface area contributed by atoms with Gasteiger partial charge in [0.05, 0.1) is 6.61 Å². The summed E-state index contributed by atoms with van der Waals surface area (Å²) in [4.78, 5) is 27.6. The standard InChI is InChI=1S/C11H19NO3.CO2/c1-4-5-6-7-12-10(15)9(14)11(2,3)8-13;2-1-3/h4,6-7,9,13-14H,1,5,8H2,2-3H3,(H,12,15);/b7-6+;/t9-;/m0./s1. The van der Waals surface area contributed by atoms with Gasteiger partial charge in [0.15, 0.2) is 0 Å². The van der Waals surface area contributed by atoms with E-state index in [9.17, 15) is 9.90 Å². The first-order valence-corrected chi connectivity index (χ1v) is 5.21. The molecule has 102 valence electrons. The summed E-state index contributed by atoms with van der Waals surface area (Å²) in [7, 11) is 0. The number of carbonyl (C=O) groups is 1. The van der Waals surface area contributed by atoms with E-state index in [1.807, 2.05) is 0 Å². The maximum Gasteiger partial charge on any atom is 0.373 e. The van der Waals surface area contributed by atoms with E-state index in [2.05, 4.69) is 11.9 Å². The lowest BCUT2D eigenvalue weighted by Crippen LogP contribution is -2.44. The number of hydrogen-bond acceptors (Lipinski definition) is 5. The van der Waals surface area contributed by atoms with Gasteiger partial charge in [0.1, 0.15) is 6.10 Å². The summed E-state index contributed by atoms with van der Waals surface area (Å²) in [5.74, 6) is -0.519. The van der Waals surface area contributed by atoms with Gasteiger partial charge in [-0.05, 0) is 6.42 Å². The number of allylic oxidation sites excluding steroid dienone is 2. The Morgan fingerprint density at radius 1 is 1.50 bits per heavy atom. The van der Waals surface area contributed by atoms with Gasteiger partial charge in [0.2, 0.25) is 0 Å². The highest BCUT2D eigenvalue weighted by Crippen LogP contribution is 2.19. The monoisotopic (exact) mass is 257 g/mol. The van der Waals surface area contributed by atoms with Crippen LogP contribution in [0.15, 0.2) is 24.9 Å². The number of aliphatic hydroxyl groups excluding tert-OH is 2. The van der Waals surface area contributed by atoms with Crippen LogP contribution in [-0.2, 0) is 14.4 Å². The molecule has 18 heavy (non-hydrogen) atoms. The first-order chi connectivity index (χ1) is 8.37. The number of nitrogens with one attached hydrogen (secondary N) is 1. The van der Waals surface area contributed by atoms with E-state index in [0.717, 1.165) is 0 Å². The molecule has 0 unspecified atom stereocenters. The van der Waals surface area contributed by atoms with Crippen molar-refractivity contribution in [2.45, 2.75) is 26.4 Å². The van der Waals surface area contributed by atoms with Gasteiger partial charge in [0.25, 0.3) is 5.91 Å². The molecule has 0 aromatic rings. The van der Waals surface area contributed by atoms with Gasteiger partial charge in [-0.3, -0.25) is 4.79 Å².